The maximum absolute atomic E-state index is 13.3. The van der Waals surface area contributed by atoms with Crippen LogP contribution in [0.2, 0.25) is 5.02 Å². The highest BCUT2D eigenvalue weighted by Crippen LogP contribution is 2.46. The minimum Gasteiger partial charge on any atom is -0.372 e. The Morgan fingerprint density at radius 3 is 2.52 bits per heavy atom. The number of aromatic nitrogens is 5. The van der Waals surface area contributed by atoms with Crippen molar-refractivity contribution in [3.8, 4) is 0 Å². The van der Waals surface area contributed by atoms with Crippen LogP contribution in [0.4, 0.5) is 0 Å². The van der Waals surface area contributed by atoms with Crippen LogP contribution in [0.1, 0.15) is 76.1 Å². The van der Waals surface area contributed by atoms with Crippen molar-refractivity contribution < 1.29 is 17.9 Å². The van der Waals surface area contributed by atoms with Crippen LogP contribution in [0.3, 0.4) is 0 Å². The molecule has 4 rings (SSSR count). The van der Waals surface area contributed by atoms with Crippen molar-refractivity contribution in [2.45, 2.75) is 81.3 Å². The second kappa shape index (κ2) is 8.38. The molecule has 1 saturated heterocycles. The number of ether oxygens (including phenoxy) is 2. The lowest BCUT2D eigenvalue weighted by Gasteiger charge is -2.23. The minimum atomic E-state index is -3.66. The molecule has 2 aliphatic rings. The van der Waals surface area contributed by atoms with Crippen LogP contribution < -0.4 is 0 Å². The Labute approximate surface area is 187 Å². The summed E-state index contributed by atoms with van der Waals surface area (Å²) in [6, 6.07) is 0. The van der Waals surface area contributed by atoms with Crippen LogP contribution in [-0.4, -0.2) is 51.6 Å². The van der Waals surface area contributed by atoms with E-state index >= 15 is 0 Å². The Bertz CT molecular complexity index is 1040. The van der Waals surface area contributed by atoms with Gasteiger partial charge in [0.1, 0.15) is 23.8 Å². The predicted molar refractivity (Wildman–Crippen MR) is 114 cm³/mol. The molecule has 9 nitrogen and oxygen atoms in total. The fraction of sp³-hybridized carbons (Fsp3) is 0.700. The highest BCUT2D eigenvalue weighted by molar-refractivity contribution is 7.91. The second-order valence-electron chi connectivity index (χ2n) is 8.75. The minimum absolute atomic E-state index is 0.150. The molecule has 0 radical (unpaired) electrons. The van der Waals surface area contributed by atoms with Gasteiger partial charge < -0.3 is 14.0 Å². The third kappa shape index (κ3) is 4.48. The summed E-state index contributed by atoms with van der Waals surface area (Å²) in [5, 5.41) is 8.15. The van der Waals surface area contributed by atoms with Gasteiger partial charge in [0.15, 0.2) is 21.5 Å². The number of sulfone groups is 1. The van der Waals surface area contributed by atoms with Crippen molar-refractivity contribution in [3.63, 3.8) is 0 Å². The Morgan fingerprint density at radius 2 is 1.97 bits per heavy atom. The van der Waals surface area contributed by atoms with E-state index in [1.165, 1.54) is 19.5 Å². The molecule has 2 aromatic heterocycles. The zero-order valence-electron chi connectivity index (χ0n) is 18.2. The molecular formula is C20H28ClN5O4S. The van der Waals surface area contributed by atoms with E-state index in [9.17, 15) is 8.42 Å². The first kappa shape index (κ1) is 22.6. The fourth-order valence-electron chi connectivity index (χ4n) is 4.09. The van der Waals surface area contributed by atoms with E-state index in [2.05, 4.69) is 27.1 Å². The molecule has 1 saturated carbocycles. The molecule has 2 aromatic rings. The van der Waals surface area contributed by atoms with Crippen molar-refractivity contribution >= 4 is 21.4 Å². The summed E-state index contributed by atoms with van der Waals surface area (Å²) in [7, 11) is -2.22. The molecule has 31 heavy (non-hydrogen) atoms. The number of halogens is 1. The van der Waals surface area contributed by atoms with Crippen molar-refractivity contribution in [2.75, 3.05) is 7.11 Å². The fourth-order valence-corrected chi connectivity index (χ4v) is 5.61. The van der Waals surface area contributed by atoms with Crippen LogP contribution in [-0.2, 0) is 30.6 Å². The largest absolute Gasteiger partial charge is 0.372 e. The number of hydrogen-bond acceptors (Lipinski definition) is 8. The van der Waals surface area contributed by atoms with Crippen molar-refractivity contribution in [2.24, 2.45) is 0 Å². The van der Waals surface area contributed by atoms with Gasteiger partial charge in [-0.15, -0.1) is 10.2 Å². The Balaban J connectivity index is 1.62. The summed E-state index contributed by atoms with van der Waals surface area (Å²) in [5.41, 5.74) is -0.165. The molecule has 3 heterocycles. The topological polar surface area (TPSA) is 109 Å². The van der Waals surface area contributed by atoms with Crippen molar-refractivity contribution in [1.29, 1.82) is 0 Å². The summed E-state index contributed by atoms with van der Waals surface area (Å²) < 4.78 is 40.2. The lowest BCUT2D eigenvalue weighted by atomic mass is 10.2. The molecule has 0 aromatic carbocycles. The molecule has 0 amide bonds. The smallest absolute Gasteiger partial charge is 0.163 e. The molecule has 1 aliphatic heterocycles. The van der Waals surface area contributed by atoms with Gasteiger partial charge in [-0.1, -0.05) is 11.6 Å². The van der Waals surface area contributed by atoms with Gasteiger partial charge in [0.2, 0.25) is 0 Å². The van der Waals surface area contributed by atoms with Crippen molar-refractivity contribution in [1.82, 2.24) is 24.7 Å². The van der Waals surface area contributed by atoms with E-state index in [4.69, 9.17) is 21.1 Å². The number of nitrogens with zero attached hydrogens (tertiary/aromatic N) is 5. The van der Waals surface area contributed by atoms with Gasteiger partial charge in [-0.05, 0) is 46.5 Å². The van der Waals surface area contributed by atoms with Crippen LogP contribution in [0, 0.1) is 0 Å². The van der Waals surface area contributed by atoms with Crippen LogP contribution in [0.5, 0.6) is 0 Å². The third-order valence-corrected chi connectivity index (χ3v) is 8.50. The molecule has 0 bridgehead atoms. The van der Waals surface area contributed by atoms with Gasteiger partial charge in [-0.25, -0.2) is 18.4 Å². The molecule has 0 N–H and O–H groups in total. The molecule has 1 aliphatic carbocycles. The Morgan fingerprint density at radius 1 is 1.29 bits per heavy atom. The summed E-state index contributed by atoms with van der Waals surface area (Å²) in [6.07, 6.45) is 5.77. The first-order chi connectivity index (χ1) is 14.6. The number of hydrogen-bond donors (Lipinski definition) is 0. The molecule has 11 heteroatoms. The van der Waals surface area contributed by atoms with E-state index in [-0.39, 0.29) is 29.3 Å². The van der Waals surface area contributed by atoms with Gasteiger partial charge in [0.05, 0.1) is 16.4 Å². The molecule has 4 atom stereocenters. The Kier molecular flexibility index (Phi) is 6.10. The number of methoxy groups -OCH3 is 1. The standard InChI is InChI=1S/C20H28ClN5O4S/c1-12-5-6-15(30-12)19-25-24-16(26(19)20(3)7-8-20)11-31(27,28)13(2)17(29-4)18-22-9-14(21)10-23-18/h9-10,12-13,15,17H,5-8,11H2,1-4H3/t12-,13-,15-,17-/m0/s1. The van der Waals surface area contributed by atoms with Crippen molar-refractivity contribution in [3.05, 3.63) is 34.9 Å². The molecule has 170 valence electrons. The lowest BCUT2D eigenvalue weighted by molar-refractivity contribution is 0.0466. The molecular weight excluding hydrogens is 442 g/mol. The van der Waals surface area contributed by atoms with Gasteiger partial charge in [0, 0.05) is 25.0 Å². The average Bonchev–Trinajstić information content (AvgIpc) is 3.11. The second-order valence-corrected chi connectivity index (χ2v) is 11.5. The zero-order valence-corrected chi connectivity index (χ0v) is 19.7. The lowest BCUT2D eigenvalue weighted by Crippen LogP contribution is -2.31. The van der Waals surface area contributed by atoms with E-state index in [0.717, 1.165) is 31.5 Å². The molecule has 2 fully saturated rings. The molecule has 0 unspecified atom stereocenters. The van der Waals surface area contributed by atoms with Gasteiger partial charge in [0.25, 0.3) is 0 Å². The van der Waals surface area contributed by atoms with Crippen LogP contribution in [0.25, 0.3) is 0 Å². The quantitative estimate of drug-likeness (QED) is 0.579. The highest BCUT2D eigenvalue weighted by atomic mass is 35.5. The van der Waals surface area contributed by atoms with Crippen LogP contribution in [0.15, 0.2) is 12.4 Å². The summed E-state index contributed by atoms with van der Waals surface area (Å²) in [6.45, 7) is 5.75. The van der Waals surface area contributed by atoms with E-state index in [1.807, 2.05) is 11.5 Å². The Hall–Kier alpha value is -1.62. The van der Waals surface area contributed by atoms with E-state index < -0.39 is 21.2 Å². The van der Waals surface area contributed by atoms with E-state index in [1.54, 1.807) is 6.92 Å². The maximum Gasteiger partial charge on any atom is 0.163 e. The zero-order chi connectivity index (χ0) is 22.4. The highest BCUT2D eigenvalue weighted by Gasteiger charge is 2.46. The summed E-state index contributed by atoms with van der Waals surface area (Å²) in [5.74, 6) is 1.20. The third-order valence-electron chi connectivity index (χ3n) is 6.26. The molecule has 0 spiro atoms. The normalized spacial score (nSPS) is 24.8. The SMILES string of the molecule is CO[C@H](c1ncc(Cl)cn1)[C@H](C)S(=O)(=O)Cc1nnc([C@@H]2CC[C@H](C)O2)n1C1(C)CC1. The first-order valence-electron chi connectivity index (χ1n) is 10.5. The number of rotatable bonds is 8. The maximum atomic E-state index is 13.3. The van der Waals surface area contributed by atoms with Gasteiger partial charge >= 0.3 is 0 Å². The summed E-state index contributed by atoms with van der Waals surface area (Å²) in [4.78, 5) is 8.28. The predicted octanol–water partition coefficient (Wildman–Crippen LogP) is 3.16. The summed E-state index contributed by atoms with van der Waals surface area (Å²) >= 11 is 5.86. The van der Waals surface area contributed by atoms with Gasteiger partial charge in [-0.2, -0.15) is 0 Å². The average molecular weight is 470 g/mol. The monoisotopic (exact) mass is 469 g/mol. The van der Waals surface area contributed by atoms with Crippen LogP contribution >= 0.6 is 11.6 Å². The van der Waals surface area contributed by atoms with Gasteiger partial charge in [-0.3, -0.25) is 0 Å². The van der Waals surface area contributed by atoms with E-state index in [0.29, 0.717) is 10.8 Å². The first-order valence-corrected chi connectivity index (χ1v) is 12.6.